The molecule has 0 saturated carbocycles. The number of benzene rings is 1. The van der Waals surface area contributed by atoms with E-state index in [2.05, 4.69) is 4.72 Å². The van der Waals surface area contributed by atoms with E-state index in [0.29, 0.717) is 5.56 Å². The lowest BCUT2D eigenvalue weighted by Crippen LogP contribution is -2.32. The summed E-state index contributed by atoms with van der Waals surface area (Å²) < 4.78 is 38.4. The molecule has 0 heterocycles. The lowest BCUT2D eigenvalue weighted by molar-refractivity contribution is 0.571. The van der Waals surface area contributed by atoms with Gasteiger partial charge in [-0.15, -0.1) is 0 Å². The Balaban J connectivity index is 2.71. The predicted molar refractivity (Wildman–Crippen MR) is 61.9 cm³/mol. The Hall–Kier alpha value is -1.45. The average Bonchev–Trinajstić information content (AvgIpc) is 2.28. The van der Waals surface area contributed by atoms with Crippen LogP contribution in [0.1, 0.15) is 18.9 Å². The third kappa shape index (κ3) is 3.80. The Kier molecular flexibility index (Phi) is 4.61. The van der Waals surface area contributed by atoms with Crippen molar-refractivity contribution in [3.8, 4) is 6.07 Å². The van der Waals surface area contributed by atoms with E-state index >= 15 is 0 Å². The molecule has 92 valence electrons. The average molecular weight is 256 g/mol. The number of hydrogen-bond donors (Lipinski definition) is 1. The summed E-state index contributed by atoms with van der Waals surface area (Å²) in [6.45, 7) is 1.60. The van der Waals surface area contributed by atoms with Crippen LogP contribution >= 0.6 is 0 Å². The van der Waals surface area contributed by atoms with Crippen molar-refractivity contribution in [3.05, 3.63) is 35.6 Å². The van der Waals surface area contributed by atoms with Gasteiger partial charge in [-0.05, 0) is 24.1 Å². The molecule has 17 heavy (non-hydrogen) atoms. The zero-order chi connectivity index (χ0) is 12.9. The number of hydrogen-bond acceptors (Lipinski definition) is 3. The number of rotatable bonds is 5. The Morgan fingerprint density at radius 1 is 1.53 bits per heavy atom. The van der Waals surface area contributed by atoms with Crippen molar-refractivity contribution in [2.45, 2.75) is 25.1 Å². The minimum absolute atomic E-state index is 0.0156. The molecule has 0 aliphatic heterocycles. The van der Waals surface area contributed by atoms with Gasteiger partial charge < -0.3 is 0 Å². The molecule has 0 amide bonds. The Morgan fingerprint density at radius 3 is 2.76 bits per heavy atom. The first-order chi connectivity index (χ1) is 7.99. The molecule has 1 rings (SSSR count). The fourth-order valence-corrected chi connectivity index (χ4v) is 2.46. The van der Waals surface area contributed by atoms with Crippen LogP contribution in [0.2, 0.25) is 0 Å². The zero-order valence-corrected chi connectivity index (χ0v) is 10.2. The Bertz CT molecular complexity index is 523. The lowest BCUT2D eigenvalue weighted by Gasteiger charge is -2.09. The van der Waals surface area contributed by atoms with Gasteiger partial charge in [-0.2, -0.15) is 5.26 Å². The van der Waals surface area contributed by atoms with Gasteiger partial charge in [0.05, 0.1) is 6.07 Å². The summed E-state index contributed by atoms with van der Waals surface area (Å²) in [7, 11) is -3.67. The highest BCUT2D eigenvalue weighted by Gasteiger charge is 2.22. The summed E-state index contributed by atoms with van der Waals surface area (Å²) in [5.41, 5.74) is 0.515. The van der Waals surface area contributed by atoms with Gasteiger partial charge in [-0.25, -0.2) is 17.5 Å². The molecule has 0 aromatic heterocycles. The van der Waals surface area contributed by atoms with Gasteiger partial charge >= 0.3 is 0 Å². The van der Waals surface area contributed by atoms with Crippen LogP contribution in [0.5, 0.6) is 0 Å². The fourth-order valence-electron chi connectivity index (χ4n) is 1.31. The van der Waals surface area contributed by atoms with Gasteiger partial charge in [0.25, 0.3) is 0 Å². The SMILES string of the molecule is CCC(C#N)S(=O)(=O)NCc1cccc(F)c1. The molecule has 1 N–H and O–H groups in total. The van der Waals surface area contributed by atoms with Crippen molar-refractivity contribution < 1.29 is 12.8 Å². The largest absolute Gasteiger partial charge is 0.228 e. The minimum atomic E-state index is -3.67. The topological polar surface area (TPSA) is 70.0 Å². The third-order valence-corrected chi connectivity index (χ3v) is 3.99. The monoisotopic (exact) mass is 256 g/mol. The maximum absolute atomic E-state index is 12.8. The van der Waals surface area contributed by atoms with Crippen molar-refractivity contribution in [1.82, 2.24) is 4.72 Å². The molecule has 1 atom stereocenters. The quantitative estimate of drug-likeness (QED) is 0.868. The normalized spacial score (nSPS) is 13.0. The molecular weight excluding hydrogens is 243 g/mol. The second-order valence-electron chi connectivity index (χ2n) is 3.52. The number of nitrogens with one attached hydrogen (secondary N) is 1. The summed E-state index contributed by atoms with van der Waals surface area (Å²) in [6.07, 6.45) is 0.217. The predicted octanol–water partition coefficient (Wildman–Crippen LogP) is 1.55. The zero-order valence-electron chi connectivity index (χ0n) is 9.35. The van der Waals surface area contributed by atoms with Crippen LogP contribution < -0.4 is 4.72 Å². The summed E-state index contributed by atoms with van der Waals surface area (Å²) >= 11 is 0. The Morgan fingerprint density at radius 2 is 2.24 bits per heavy atom. The van der Waals surface area contributed by atoms with Gasteiger partial charge in [0.1, 0.15) is 5.82 Å². The van der Waals surface area contributed by atoms with Crippen molar-refractivity contribution >= 4 is 10.0 Å². The van der Waals surface area contributed by atoms with E-state index in [-0.39, 0.29) is 13.0 Å². The summed E-state index contributed by atoms with van der Waals surface area (Å²) in [4.78, 5) is 0. The Labute approximate surface area is 100 Å². The maximum atomic E-state index is 12.8. The highest BCUT2D eigenvalue weighted by atomic mass is 32.2. The van der Waals surface area contributed by atoms with Crippen LogP contribution in [0.15, 0.2) is 24.3 Å². The van der Waals surface area contributed by atoms with E-state index in [1.165, 1.54) is 18.2 Å². The van der Waals surface area contributed by atoms with Crippen LogP contribution in [0.3, 0.4) is 0 Å². The van der Waals surface area contributed by atoms with E-state index in [1.807, 2.05) is 0 Å². The van der Waals surface area contributed by atoms with Gasteiger partial charge in [0.15, 0.2) is 5.25 Å². The second-order valence-corrected chi connectivity index (χ2v) is 5.47. The highest BCUT2D eigenvalue weighted by Crippen LogP contribution is 2.06. The van der Waals surface area contributed by atoms with Crippen LogP contribution in [0.4, 0.5) is 4.39 Å². The van der Waals surface area contributed by atoms with E-state index < -0.39 is 21.1 Å². The van der Waals surface area contributed by atoms with E-state index in [1.54, 1.807) is 19.1 Å². The molecule has 0 radical (unpaired) electrons. The molecule has 1 unspecified atom stereocenters. The van der Waals surface area contributed by atoms with Gasteiger partial charge in [-0.1, -0.05) is 19.1 Å². The molecule has 0 aliphatic rings. The first-order valence-corrected chi connectivity index (χ1v) is 6.66. The first-order valence-electron chi connectivity index (χ1n) is 5.12. The minimum Gasteiger partial charge on any atom is -0.211 e. The number of sulfonamides is 1. The van der Waals surface area contributed by atoms with E-state index in [4.69, 9.17) is 5.26 Å². The standard InChI is InChI=1S/C11H13FN2O2S/c1-2-11(7-13)17(15,16)14-8-9-4-3-5-10(12)6-9/h3-6,11,14H,2,8H2,1H3. The van der Waals surface area contributed by atoms with Crippen LogP contribution in [0, 0.1) is 17.1 Å². The smallest absolute Gasteiger partial charge is 0.211 e. The molecular formula is C11H13FN2O2S. The molecule has 1 aromatic carbocycles. The summed E-state index contributed by atoms with van der Waals surface area (Å²) in [5, 5.41) is 7.60. The molecule has 0 aliphatic carbocycles. The van der Waals surface area contributed by atoms with Crippen molar-refractivity contribution in [3.63, 3.8) is 0 Å². The van der Waals surface area contributed by atoms with Crippen LogP contribution in [-0.4, -0.2) is 13.7 Å². The van der Waals surface area contributed by atoms with Crippen molar-refractivity contribution in [2.24, 2.45) is 0 Å². The molecule has 6 heteroatoms. The van der Waals surface area contributed by atoms with E-state index in [0.717, 1.165) is 0 Å². The molecule has 1 aromatic rings. The van der Waals surface area contributed by atoms with Crippen molar-refractivity contribution in [1.29, 1.82) is 5.26 Å². The van der Waals surface area contributed by atoms with E-state index in [9.17, 15) is 12.8 Å². The molecule has 0 spiro atoms. The second kappa shape index (κ2) is 5.75. The number of halogens is 1. The fraction of sp³-hybridized carbons (Fsp3) is 0.364. The van der Waals surface area contributed by atoms with Crippen LogP contribution in [-0.2, 0) is 16.6 Å². The third-order valence-electron chi connectivity index (χ3n) is 2.26. The van der Waals surface area contributed by atoms with Gasteiger partial charge in [0.2, 0.25) is 10.0 Å². The maximum Gasteiger partial charge on any atom is 0.228 e. The van der Waals surface area contributed by atoms with Gasteiger partial charge in [-0.3, -0.25) is 0 Å². The number of nitriles is 1. The lowest BCUT2D eigenvalue weighted by atomic mass is 10.2. The number of nitrogens with zero attached hydrogens (tertiary/aromatic N) is 1. The summed E-state index contributed by atoms with van der Waals surface area (Å²) in [5.74, 6) is -0.422. The molecule has 0 fully saturated rings. The highest BCUT2D eigenvalue weighted by molar-refractivity contribution is 7.90. The van der Waals surface area contributed by atoms with Crippen LogP contribution in [0.25, 0.3) is 0 Å². The summed E-state index contributed by atoms with van der Waals surface area (Å²) in [6, 6.07) is 7.35. The molecule has 0 saturated heterocycles. The molecule has 4 nitrogen and oxygen atoms in total. The van der Waals surface area contributed by atoms with Crippen molar-refractivity contribution in [2.75, 3.05) is 0 Å². The first kappa shape index (κ1) is 13.6. The van der Waals surface area contributed by atoms with Gasteiger partial charge in [0, 0.05) is 6.54 Å². The molecule has 0 bridgehead atoms.